The van der Waals surface area contributed by atoms with Gasteiger partial charge in [-0.3, -0.25) is 9.59 Å². The van der Waals surface area contributed by atoms with E-state index in [-0.39, 0.29) is 18.3 Å². The van der Waals surface area contributed by atoms with E-state index >= 15 is 0 Å². The van der Waals surface area contributed by atoms with Crippen molar-refractivity contribution in [3.8, 4) is 0 Å². The Morgan fingerprint density at radius 2 is 1.74 bits per heavy atom. The first kappa shape index (κ1) is 28.4. The molecule has 0 radical (unpaired) electrons. The number of carbonyl (C=O) groups excluding carboxylic acids is 1. The fraction of sp³-hybridized carbons (Fsp3) is 0.871. The van der Waals surface area contributed by atoms with E-state index in [0.717, 1.165) is 48.3 Å². The highest BCUT2D eigenvalue weighted by Crippen LogP contribution is 2.67. The molecule has 35 heavy (non-hydrogen) atoms. The van der Waals surface area contributed by atoms with Crippen LogP contribution in [-0.4, -0.2) is 28.1 Å². The molecule has 0 aliphatic heterocycles. The monoisotopic (exact) mass is 488 g/mol. The number of carboxylic acids is 1. The first-order valence-corrected chi connectivity index (χ1v) is 14.5. The van der Waals surface area contributed by atoms with Crippen molar-refractivity contribution in [3.05, 3.63) is 11.6 Å². The number of aliphatic hydroxyl groups excluding tert-OH is 1. The molecule has 1 unspecified atom stereocenters. The summed E-state index contributed by atoms with van der Waals surface area (Å²) in [6.45, 7) is 13.8. The summed E-state index contributed by atoms with van der Waals surface area (Å²) in [5.41, 5.74) is 2.60. The third-order valence-electron chi connectivity index (χ3n) is 10.7. The predicted molar refractivity (Wildman–Crippen MR) is 142 cm³/mol. The topological polar surface area (TPSA) is 74.6 Å². The maximum absolute atomic E-state index is 10.2. The minimum atomic E-state index is -1.06. The van der Waals surface area contributed by atoms with Gasteiger partial charge in [-0.05, 0) is 105 Å². The molecule has 200 valence electrons. The summed E-state index contributed by atoms with van der Waals surface area (Å²) >= 11 is 0. The Morgan fingerprint density at radius 1 is 1.03 bits per heavy atom. The van der Waals surface area contributed by atoms with Gasteiger partial charge < -0.3 is 10.2 Å². The number of ketones is 1. The Bertz CT molecular complexity index is 773. The molecule has 0 bridgehead atoms. The number of allylic oxidation sites excluding steroid dienone is 1. The van der Waals surface area contributed by atoms with Gasteiger partial charge in [0, 0.05) is 0 Å². The Hall–Kier alpha value is -1.16. The lowest BCUT2D eigenvalue weighted by Gasteiger charge is -2.58. The summed E-state index contributed by atoms with van der Waals surface area (Å²) in [6, 6.07) is 0. The number of carboxylic acid groups (broad SMARTS) is 1. The quantitative estimate of drug-likeness (QED) is 0.288. The Labute approximate surface area is 214 Å². The third-order valence-corrected chi connectivity index (χ3v) is 10.7. The van der Waals surface area contributed by atoms with Gasteiger partial charge in [-0.1, -0.05) is 65.5 Å². The van der Waals surface area contributed by atoms with Gasteiger partial charge in [-0.25, -0.2) is 0 Å². The van der Waals surface area contributed by atoms with Crippen molar-refractivity contribution in [1.29, 1.82) is 0 Å². The maximum atomic E-state index is 10.2. The SMILES string of the molecule is CC(=O)CC(=O)O.CC(C)CCCC(C)[C@H]1CC[C@H]2[C@@H]3CC=C4C[C@@H](O)CC[C@]4(C)[C@H]3CC[C@]12C. The molecule has 4 nitrogen and oxygen atoms in total. The van der Waals surface area contributed by atoms with Gasteiger partial charge in [0.15, 0.2) is 0 Å². The summed E-state index contributed by atoms with van der Waals surface area (Å²) in [5, 5.41) is 18.1. The molecule has 4 aliphatic carbocycles. The van der Waals surface area contributed by atoms with Crippen LogP contribution in [0.1, 0.15) is 119 Å². The molecule has 2 N–H and O–H groups in total. The smallest absolute Gasteiger partial charge is 0.310 e. The van der Waals surface area contributed by atoms with Crippen molar-refractivity contribution >= 4 is 11.8 Å². The van der Waals surface area contributed by atoms with Crippen LogP contribution < -0.4 is 0 Å². The number of Topliss-reactive ketones (excluding diaryl/α,β-unsaturated/α-hetero) is 1. The summed E-state index contributed by atoms with van der Waals surface area (Å²) in [4.78, 5) is 19.5. The molecule has 4 aliphatic rings. The molecular weight excluding hydrogens is 436 g/mol. The Kier molecular flexibility index (Phi) is 9.32. The zero-order chi connectivity index (χ0) is 26.0. The first-order valence-electron chi connectivity index (χ1n) is 14.5. The zero-order valence-corrected chi connectivity index (χ0v) is 23.3. The number of carbonyl (C=O) groups is 2. The van der Waals surface area contributed by atoms with E-state index in [4.69, 9.17) is 5.11 Å². The predicted octanol–water partition coefficient (Wildman–Crippen LogP) is 7.44. The molecule has 0 amide bonds. The largest absolute Gasteiger partial charge is 0.481 e. The van der Waals surface area contributed by atoms with Crippen LogP contribution in [0.15, 0.2) is 11.6 Å². The molecule has 0 spiro atoms. The lowest BCUT2D eigenvalue weighted by molar-refractivity contribution is -0.139. The van der Waals surface area contributed by atoms with Gasteiger partial charge >= 0.3 is 5.97 Å². The fourth-order valence-corrected chi connectivity index (χ4v) is 8.88. The van der Waals surface area contributed by atoms with E-state index in [9.17, 15) is 14.7 Å². The third kappa shape index (κ3) is 6.22. The number of aliphatic carboxylic acids is 1. The number of hydrogen-bond donors (Lipinski definition) is 2. The van der Waals surface area contributed by atoms with E-state index in [0.29, 0.717) is 10.8 Å². The van der Waals surface area contributed by atoms with Crippen LogP contribution in [0.25, 0.3) is 0 Å². The molecule has 4 rings (SSSR count). The van der Waals surface area contributed by atoms with Gasteiger partial charge in [-0.15, -0.1) is 0 Å². The highest BCUT2D eigenvalue weighted by molar-refractivity contribution is 5.93. The Morgan fingerprint density at radius 3 is 2.34 bits per heavy atom. The van der Waals surface area contributed by atoms with Crippen LogP contribution in [0.5, 0.6) is 0 Å². The summed E-state index contributed by atoms with van der Waals surface area (Å²) in [7, 11) is 0. The highest BCUT2D eigenvalue weighted by atomic mass is 16.4. The molecule has 0 aromatic rings. The molecule has 0 saturated heterocycles. The fourth-order valence-electron chi connectivity index (χ4n) is 8.88. The van der Waals surface area contributed by atoms with Crippen LogP contribution in [0, 0.1) is 46.3 Å². The van der Waals surface area contributed by atoms with Crippen molar-refractivity contribution in [1.82, 2.24) is 0 Å². The van der Waals surface area contributed by atoms with E-state index < -0.39 is 5.97 Å². The normalized spacial score (nSPS) is 38.9. The van der Waals surface area contributed by atoms with Gasteiger partial charge in [0.2, 0.25) is 0 Å². The van der Waals surface area contributed by atoms with Crippen molar-refractivity contribution in [2.45, 2.75) is 125 Å². The second-order valence-electron chi connectivity index (χ2n) is 13.5. The molecule has 3 saturated carbocycles. The molecular formula is C31H52O4. The maximum Gasteiger partial charge on any atom is 0.310 e. The van der Waals surface area contributed by atoms with Gasteiger partial charge in [0.25, 0.3) is 0 Å². The second kappa shape index (κ2) is 11.5. The van der Waals surface area contributed by atoms with Gasteiger partial charge in [0.05, 0.1) is 6.10 Å². The van der Waals surface area contributed by atoms with Gasteiger partial charge in [0.1, 0.15) is 12.2 Å². The molecule has 0 aromatic heterocycles. The van der Waals surface area contributed by atoms with Crippen molar-refractivity contribution in [2.24, 2.45) is 46.3 Å². The lowest BCUT2D eigenvalue weighted by Crippen LogP contribution is -2.50. The zero-order valence-electron chi connectivity index (χ0n) is 23.3. The summed E-state index contributed by atoms with van der Waals surface area (Å²) < 4.78 is 0. The highest BCUT2D eigenvalue weighted by Gasteiger charge is 2.59. The van der Waals surface area contributed by atoms with Crippen molar-refractivity contribution < 1.29 is 19.8 Å². The van der Waals surface area contributed by atoms with Crippen LogP contribution in [-0.2, 0) is 9.59 Å². The minimum absolute atomic E-state index is 0.0766. The van der Waals surface area contributed by atoms with E-state index in [1.165, 1.54) is 64.7 Å². The molecule has 0 heterocycles. The summed E-state index contributed by atoms with van der Waals surface area (Å²) in [6.07, 6.45) is 16.8. The number of hydrogen-bond acceptors (Lipinski definition) is 3. The molecule has 0 aromatic carbocycles. The average Bonchev–Trinajstić information content (AvgIpc) is 3.10. The average molecular weight is 489 g/mol. The molecule has 8 atom stereocenters. The van der Waals surface area contributed by atoms with E-state index in [1.807, 2.05) is 0 Å². The van der Waals surface area contributed by atoms with Crippen LogP contribution in [0.2, 0.25) is 0 Å². The second-order valence-corrected chi connectivity index (χ2v) is 13.5. The van der Waals surface area contributed by atoms with Crippen LogP contribution in [0.4, 0.5) is 0 Å². The number of fused-ring (bicyclic) bond motifs is 5. The summed E-state index contributed by atoms with van der Waals surface area (Å²) in [5.74, 6) is 4.08. The number of aliphatic hydroxyl groups is 1. The minimum Gasteiger partial charge on any atom is -0.481 e. The van der Waals surface area contributed by atoms with Crippen molar-refractivity contribution in [2.75, 3.05) is 0 Å². The van der Waals surface area contributed by atoms with Crippen molar-refractivity contribution in [3.63, 3.8) is 0 Å². The molecule has 3 fully saturated rings. The lowest BCUT2D eigenvalue weighted by atomic mass is 9.47. The first-order chi connectivity index (χ1) is 16.4. The Balaban J connectivity index is 0.000000429. The van der Waals surface area contributed by atoms with Crippen LogP contribution >= 0.6 is 0 Å². The van der Waals surface area contributed by atoms with E-state index in [2.05, 4.69) is 40.7 Å². The van der Waals surface area contributed by atoms with E-state index in [1.54, 1.807) is 5.57 Å². The van der Waals surface area contributed by atoms with Gasteiger partial charge in [-0.2, -0.15) is 0 Å². The van der Waals surface area contributed by atoms with Crippen LogP contribution in [0.3, 0.4) is 0 Å². The molecule has 4 heteroatoms. The number of rotatable bonds is 7. The standard InChI is InChI=1S/C27H46O.C4H6O3/c1-18(2)7-6-8-19(3)23-11-12-24-22-10-9-20-17-21(28)13-15-26(20,4)25(22)14-16-27(23,24)5;1-3(5)2-4(6)7/h9,18-19,21-25,28H,6-8,10-17H2,1-5H3;2H2,1H3,(H,6,7)/t19?,21-,22-,23+,24-,25-,26-,27+;/m0./s1.